The predicted octanol–water partition coefficient (Wildman–Crippen LogP) is 4.04. The predicted molar refractivity (Wildman–Crippen MR) is 98.6 cm³/mol. The summed E-state index contributed by atoms with van der Waals surface area (Å²) in [5.74, 6) is -1.40. The zero-order chi connectivity index (χ0) is 18.8. The highest BCUT2D eigenvalue weighted by molar-refractivity contribution is 5.89. The van der Waals surface area contributed by atoms with Crippen LogP contribution in [0.25, 0.3) is 6.08 Å². The second-order valence-corrected chi connectivity index (χ2v) is 5.82. The first-order chi connectivity index (χ1) is 12.6. The molecule has 0 bridgehead atoms. The summed E-state index contributed by atoms with van der Waals surface area (Å²) >= 11 is 0. The van der Waals surface area contributed by atoms with Gasteiger partial charge in [-0.1, -0.05) is 55.8 Å². The van der Waals surface area contributed by atoms with E-state index in [0.29, 0.717) is 5.56 Å². The molecule has 1 N–H and O–H groups in total. The van der Waals surface area contributed by atoms with E-state index in [1.807, 2.05) is 37.3 Å². The standard InChI is InChI=1S/C21H22FNO3/c1-2-7-19(17-9-4-3-5-10-17)23-20(24)15-26-21(25)13-12-16-8-6-11-18(22)14-16/h3-6,8-14,19H,2,7,15H2,1H3,(H,23,24)/b13-12+/t19-/m1/s1. The Morgan fingerprint density at radius 1 is 1.15 bits per heavy atom. The van der Waals surface area contributed by atoms with E-state index in [-0.39, 0.29) is 24.4 Å². The largest absolute Gasteiger partial charge is 0.452 e. The third kappa shape index (κ3) is 6.51. The molecule has 0 aliphatic heterocycles. The van der Waals surface area contributed by atoms with E-state index in [4.69, 9.17) is 4.74 Å². The van der Waals surface area contributed by atoms with Gasteiger partial charge in [0.05, 0.1) is 6.04 Å². The fraction of sp³-hybridized carbons (Fsp3) is 0.238. The number of carbonyl (C=O) groups excluding carboxylic acids is 2. The molecule has 4 nitrogen and oxygen atoms in total. The Morgan fingerprint density at radius 3 is 2.62 bits per heavy atom. The van der Waals surface area contributed by atoms with Crippen LogP contribution in [0.3, 0.4) is 0 Å². The summed E-state index contributed by atoms with van der Waals surface area (Å²) in [5, 5.41) is 2.88. The fourth-order valence-electron chi connectivity index (χ4n) is 2.49. The van der Waals surface area contributed by atoms with Crippen molar-refractivity contribution in [2.24, 2.45) is 0 Å². The molecule has 2 aromatic carbocycles. The second-order valence-electron chi connectivity index (χ2n) is 5.82. The molecule has 0 radical (unpaired) electrons. The Kier molecular flexibility index (Phi) is 7.55. The first-order valence-corrected chi connectivity index (χ1v) is 8.53. The van der Waals surface area contributed by atoms with Crippen molar-refractivity contribution in [1.82, 2.24) is 5.32 Å². The smallest absolute Gasteiger partial charge is 0.331 e. The third-order valence-electron chi connectivity index (χ3n) is 3.72. The number of ether oxygens (including phenoxy) is 1. The molecule has 0 saturated heterocycles. The monoisotopic (exact) mass is 355 g/mol. The van der Waals surface area contributed by atoms with Gasteiger partial charge in [-0.15, -0.1) is 0 Å². The van der Waals surface area contributed by atoms with Gasteiger partial charge in [0.25, 0.3) is 5.91 Å². The number of hydrogen-bond acceptors (Lipinski definition) is 3. The normalized spacial score (nSPS) is 11.9. The van der Waals surface area contributed by atoms with E-state index in [2.05, 4.69) is 5.32 Å². The maximum Gasteiger partial charge on any atom is 0.331 e. The number of hydrogen-bond donors (Lipinski definition) is 1. The lowest BCUT2D eigenvalue weighted by atomic mass is 10.0. The van der Waals surface area contributed by atoms with Crippen LogP contribution >= 0.6 is 0 Å². The van der Waals surface area contributed by atoms with Crippen LogP contribution in [-0.2, 0) is 14.3 Å². The van der Waals surface area contributed by atoms with Crippen molar-refractivity contribution < 1.29 is 18.7 Å². The molecule has 0 aromatic heterocycles. The van der Waals surface area contributed by atoms with Crippen LogP contribution in [0.4, 0.5) is 4.39 Å². The van der Waals surface area contributed by atoms with Crippen molar-refractivity contribution in [2.45, 2.75) is 25.8 Å². The van der Waals surface area contributed by atoms with Gasteiger partial charge in [-0.25, -0.2) is 9.18 Å². The quantitative estimate of drug-likeness (QED) is 0.574. The van der Waals surface area contributed by atoms with Crippen molar-refractivity contribution in [2.75, 3.05) is 6.61 Å². The van der Waals surface area contributed by atoms with Gasteiger partial charge in [-0.2, -0.15) is 0 Å². The minimum absolute atomic E-state index is 0.116. The van der Waals surface area contributed by atoms with Crippen molar-refractivity contribution in [3.05, 3.63) is 77.6 Å². The van der Waals surface area contributed by atoms with Crippen LogP contribution in [0.1, 0.15) is 36.9 Å². The molecule has 2 aromatic rings. The summed E-state index contributed by atoms with van der Waals surface area (Å²) in [6.07, 6.45) is 4.31. The summed E-state index contributed by atoms with van der Waals surface area (Å²) < 4.78 is 18.0. The lowest BCUT2D eigenvalue weighted by Crippen LogP contribution is -2.32. The van der Waals surface area contributed by atoms with Crippen LogP contribution in [0.5, 0.6) is 0 Å². The first kappa shape index (κ1) is 19.4. The van der Waals surface area contributed by atoms with Crippen molar-refractivity contribution in [3.63, 3.8) is 0 Å². The molecule has 1 atom stereocenters. The highest BCUT2D eigenvalue weighted by atomic mass is 19.1. The minimum atomic E-state index is -0.656. The fourth-order valence-corrected chi connectivity index (χ4v) is 2.49. The molecule has 2 rings (SSSR count). The van der Waals surface area contributed by atoms with Crippen molar-refractivity contribution >= 4 is 18.0 Å². The zero-order valence-electron chi connectivity index (χ0n) is 14.7. The molecular weight excluding hydrogens is 333 g/mol. The van der Waals surface area contributed by atoms with E-state index in [0.717, 1.165) is 18.4 Å². The zero-order valence-corrected chi connectivity index (χ0v) is 14.7. The molecule has 0 aliphatic rings. The van der Waals surface area contributed by atoms with Gasteiger partial charge >= 0.3 is 5.97 Å². The van der Waals surface area contributed by atoms with Gasteiger partial charge in [0, 0.05) is 6.08 Å². The summed E-state index contributed by atoms with van der Waals surface area (Å²) in [6.45, 7) is 1.68. The number of halogens is 1. The van der Waals surface area contributed by atoms with Crippen LogP contribution in [0.15, 0.2) is 60.7 Å². The molecule has 0 saturated carbocycles. The minimum Gasteiger partial charge on any atom is -0.452 e. The Balaban J connectivity index is 1.84. The first-order valence-electron chi connectivity index (χ1n) is 8.53. The highest BCUT2D eigenvalue weighted by Crippen LogP contribution is 2.17. The lowest BCUT2D eigenvalue weighted by molar-refractivity contribution is -0.144. The summed E-state index contributed by atoms with van der Waals surface area (Å²) in [5.41, 5.74) is 1.55. The number of amides is 1. The molecular formula is C21H22FNO3. The van der Waals surface area contributed by atoms with E-state index in [9.17, 15) is 14.0 Å². The molecule has 0 spiro atoms. The SMILES string of the molecule is CCC[C@@H](NC(=O)COC(=O)/C=C/c1cccc(F)c1)c1ccccc1. The maximum absolute atomic E-state index is 13.1. The Morgan fingerprint density at radius 2 is 1.92 bits per heavy atom. The molecule has 0 fully saturated rings. The highest BCUT2D eigenvalue weighted by Gasteiger charge is 2.14. The van der Waals surface area contributed by atoms with Crippen LogP contribution in [-0.4, -0.2) is 18.5 Å². The average molecular weight is 355 g/mol. The summed E-state index contributed by atoms with van der Waals surface area (Å²) in [6, 6.07) is 15.4. The number of rotatable bonds is 8. The van der Waals surface area contributed by atoms with Gasteiger partial charge in [-0.05, 0) is 35.8 Å². The van der Waals surface area contributed by atoms with Gasteiger partial charge in [0.15, 0.2) is 6.61 Å². The van der Waals surface area contributed by atoms with Crippen molar-refractivity contribution in [1.29, 1.82) is 0 Å². The average Bonchev–Trinajstić information content (AvgIpc) is 2.65. The Labute approximate surface area is 152 Å². The molecule has 0 unspecified atom stereocenters. The Hall–Kier alpha value is -2.95. The van der Waals surface area contributed by atoms with Gasteiger partial charge in [-0.3, -0.25) is 4.79 Å². The van der Waals surface area contributed by atoms with E-state index in [1.54, 1.807) is 12.1 Å². The molecule has 1 amide bonds. The number of benzene rings is 2. The topological polar surface area (TPSA) is 55.4 Å². The summed E-state index contributed by atoms with van der Waals surface area (Å²) in [7, 11) is 0. The van der Waals surface area contributed by atoms with E-state index >= 15 is 0 Å². The number of nitrogens with one attached hydrogen (secondary N) is 1. The second kappa shape index (κ2) is 10.1. The maximum atomic E-state index is 13.1. The van der Waals surface area contributed by atoms with Crippen LogP contribution in [0.2, 0.25) is 0 Å². The molecule has 0 heterocycles. The summed E-state index contributed by atoms with van der Waals surface area (Å²) in [4.78, 5) is 23.8. The molecule has 0 aliphatic carbocycles. The van der Waals surface area contributed by atoms with Gasteiger partial charge in [0.2, 0.25) is 0 Å². The van der Waals surface area contributed by atoms with Gasteiger partial charge in [0.1, 0.15) is 5.82 Å². The van der Waals surface area contributed by atoms with Gasteiger partial charge < -0.3 is 10.1 Å². The lowest BCUT2D eigenvalue weighted by Gasteiger charge is -2.18. The number of carbonyl (C=O) groups is 2. The Bertz CT molecular complexity index is 759. The van der Waals surface area contributed by atoms with Crippen LogP contribution in [0, 0.1) is 5.82 Å². The van der Waals surface area contributed by atoms with Crippen molar-refractivity contribution in [3.8, 4) is 0 Å². The van der Waals surface area contributed by atoms with E-state index in [1.165, 1.54) is 24.3 Å². The molecule has 26 heavy (non-hydrogen) atoms. The molecule has 136 valence electrons. The number of esters is 1. The van der Waals surface area contributed by atoms with Crippen LogP contribution < -0.4 is 5.32 Å². The van der Waals surface area contributed by atoms with E-state index < -0.39 is 5.97 Å². The molecule has 5 heteroatoms. The third-order valence-corrected chi connectivity index (χ3v) is 3.72.